The zero-order chi connectivity index (χ0) is 24.3. The van der Waals surface area contributed by atoms with Crippen LogP contribution in [0.2, 0.25) is 0 Å². The maximum atomic E-state index is 11.9. The number of anilines is 3. The van der Waals surface area contributed by atoms with Gasteiger partial charge in [-0.3, -0.25) is 4.68 Å². The smallest absolute Gasteiger partial charge is 0.229 e. The Morgan fingerprint density at radius 2 is 1.97 bits per heavy atom. The minimum absolute atomic E-state index is 0.0686. The van der Waals surface area contributed by atoms with Crippen molar-refractivity contribution in [2.45, 2.75) is 17.9 Å². The SMILES string of the molecule is C[C@H](CO)Nc1nc(Nc2ccc(S(C)(=N)=O)cc2)ncc1C#Cc1ccc2cn(C)nc2c1. The van der Waals surface area contributed by atoms with Gasteiger partial charge in [0.15, 0.2) is 0 Å². The standard InChI is InChI=1S/C24H25N7O2S/c1-16(15-32)27-23-18(6-4-17-5-7-19-14-31(2)30-22(19)12-17)13-26-24(29-23)28-20-8-10-21(11-9-20)34(3,25)33/h5,7-14,16,25,32H,15H2,1-3H3,(H2,26,27,28,29)/t16-,34?/m1/s1. The Hall–Kier alpha value is -3.94. The van der Waals surface area contributed by atoms with Gasteiger partial charge in [-0.15, -0.1) is 0 Å². The molecule has 34 heavy (non-hydrogen) atoms. The van der Waals surface area contributed by atoms with Crippen LogP contribution in [0.15, 0.2) is 59.8 Å². The molecule has 1 unspecified atom stereocenters. The molecule has 2 aromatic carbocycles. The van der Waals surface area contributed by atoms with E-state index in [0.29, 0.717) is 27.9 Å². The van der Waals surface area contributed by atoms with Crippen LogP contribution in [0.25, 0.3) is 10.9 Å². The molecule has 2 atom stereocenters. The van der Waals surface area contributed by atoms with Gasteiger partial charge in [0.1, 0.15) is 5.82 Å². The second kappa shape index (κ2) is 9.51. The molecule has 0 aliphatic carbocycles. The lowest BCUT2D eigenvalue weighted by Gasteiger charge is -2.14. The van der Waals surface area contributed by atoms with Crippen molar-refractivity contribution in [1.82, 2.24) is 19.7 Å². The average molecular weight is 476 g/mol. The highest BCUT2D eigenvalue weighted by atomic mass is 32.2. The highest BCUT2D eigenvalue weighted by Gasteiger charge is 2.10. The van der Waals surface area contributed by atoms with Crippen LogP contribution in [0.4, 0.5) is 17.5 Å². The highest BCUT2D eigenvalue weighted by molar-refractivity contribution is 7.91. The molecule has 0 bridgehead atoms. The van der Waals surface area contributed by atoms with Gasteiger partial charge in [0, 0.05) is 47.1 Å². The van der Waals surface area contributed by atoms with E-state index in [1.165, 1.54) is 6.26 Å². The number of nitrogens with zero attached hydrogens (tertiary/aromatic N) is 4. The second-order valence-corrected chi connectivity index (χ2v) is 10.2. The molecule has 10 heteroatoms. The summed E-state index contributed by atoms with van der Waals surface area (Å²) in [5.74, 6) is 7.08. The summed E-state index contributed by atoms with van der Waals surface area (Å²) in [6.45, 7) is 1.77. The van der Waals surface area contributed by atoms with Crippen molar-refractivity contribution in [3.8, 4) is 11.8 Å². The fourth-order valence-electron chi connectivity index (χ4n) is 3.21. The summed E-state index contributed by atoms with van der Waals surface area (Å²) < 4.78 is 21.3. The molecule has 0 fully saturated rings. The molecule has 4 rings (SSSR count). The lowest BCUT2D eigenvalue weighted by atomic mass is 10.1. The molecule has 0 amide bonds. The number of hydrogen-bond acceptors (Lipinski definition) is 8. The number of aryl methyl sites for hydroxylation is 1. The van der Waals surface area contributed by atoms with Gasteiger partial charge < -0.3 is 15.7 Å². The zero-order valence-corrected chi connectivity index (χ0v) is 19.8. The van der Waals surface area contributed by atoms with Gasteiger partial charge in [-0.05, 0) is 49.4 Å². The number of hydrogen-bond donors (Lipinski definition) is 4. The molecular formula is C24H25N7O2S. The van der Waals surface area contributed by atoms with E-state index in [2.05, 4.69) is 37.5 Å². The maximum Gasteiger partial charge on any atom is 0.229 e. The molecule has 2 heterocycles. The summed E-state index contributed by atoms with van der Waals surface area (Å²) in [5.41, 5.74) is 2.96. The van der Waals surface area contributed by atoms with Crippen LogP contribution in [0.5, 0.6) is 0 Å². The Kier molecular flexibility index (Phi) is 6.49. The minimum Gasteiger partial charge on any atom is -0.394 e. The summed E-state index contributed by atoms with van der Waals surface area (Å²) in [6, 6.07) is 12.3. The molecule has 0 spiro atoms. The van der Waals surface area contributed by atoms with E-state index in [-0.39, 0.29) is 12.6 Å². The van der Waals surface area contributed by atoms with Gasteiger partial charge in [-0.1, -0.05) is 11.8 Å². The summed E-state index contributed by atoms with van der Waals surface area (Å²) in [6.07, 6.45) is 4.95. The Morgan fingerprint density at radius 1 is 1.21 bits per heavy atom. The number of aliphatic hydroxyl groups excluding tert-OH is 1. The quantitative estimate of drug-likeness (QED) is 0.315. The Labute approximate surface area is 198 Å². The first-order valence-electron chi connectivity index (χ1n) is 10.5. The van der Waals surface area contributed by atoms with Gasteiger partial charge in [-0.25, -0.2) is 14.0 Å². The van der Waals surface area contributed by atoms with Gasteiger partial charge in [0.05, 0.1) is 33.6 Å². The summed E-state index contributed by atoms with van der Waals surface area (Å²) >= 11 is 0. The number of aliphatic hydroxyl groups is 1. The third-order valence-corrected chi connectivity index (χ3v) is 6.14. The van der Waals surface area contributed by atoms with E-state index < -0.39 is 9.73 Å². The normalized spacial score (nSPS) is 13.5. The fraction of sp³-hybridized carbons (Fsp3) is 0.208. The highest BCUT2D eigenvalue weighted by Crippen LogP contribution is 2.20. The first-order chi connectivity index (χ1) is 16.2. The van der Waals surface area contributed by atoms with E-state index in [0.717, 1.165) is 16.5 Å². The number of fused-ring (bicyclic) bond motifs is 1. The largest absolute Gasteiger partial charge is 0.394 e. The molecule has 0 saturated heterocycles. The van der Waals surface area contributed by atoms with E-state index in [4.69, 9.17) is 4.78 Å². The Bertz CT molecular complexity index is 1500. The van der Waals surface area contributed by atoms with Crippen LogP contribution in [-0.4, -0.2) is 48.0 Å². The number of rotatable bonds is 6. The number of benzene rings is 2. The topological polar surface area (TPSA) is 129 Å². The van der Waals surface area contributed by atoms with E-state index in [1.807, 2.05) is 38.4 Å². The third kappa shape index (κ3) is 5.51. The number of aromatic nitrogens is 4. The molecule has 174 valence electrons. The molecule has 2 aromatic heterocycles. The predicted octanol–water partition coefficient (Wildman–Crippen LogP) is 3.33. The lowest BCUT2D eigenvalue weighted by Crippen LogP contribution is -2.21. The van der Waals surface area contributed by atoms with Crippen LogP contribution in [0.1, 0.15) is 18.1 Å². The van der Waals surface area contributed by atoms with Crippen LogP contribution < -0.4 is 10.6 Å². The van der Waals surface area contributed by atoms with Crippen LogP contribution in [-0.2, 0) is 16.8 Å². The van der Waals surface area contributed by atoms with Gasteiger partial charge >= 0.3 is 0 Å². The molecule has 4 aromatic rings. The van der Waals surface area contributed by atoms with Gasteiger partial charge in [-0.2, -0.15) is 10.1 Å². The Morgan fingerprint density at radius 3 is 2.68 bits per heavy atom. The zero-order valence-electron chi connectivity index (χ0n) is 19.0. The second-order valence-electron chi connectivity index (χ2n) is 8.00. The molecular weight excluding hydrogens is 450 g/mol. The summed E-state index contributed by atoms with van der Waals surface area (Å²) in [4.78, 5) is 9.36. The van der Waals surface area contributed by atoms with Crippen molar-refractivity contribution in [2.24, 2.45) is 7.05 Å². The molecule has 0 saturated carbocycles. The minimum atomic E-state index is -2.77. The summed E-state index contributed by atoms with van der Waals surface area (Å²) in [7, 11) is -0.895. The molecule has 0 aliphatic rings. The first kappa shape index (κ1) is 23.2. The average Bonchev–Trinajstić information content (AvgIpc) is 3.17. The van der Waals surface area contributed by atoms with Crippen molar-refractivity contribution in [3.05, 3.63) is 66.0 Å². The fourth-order valence-corrected chi connectivity index (χ4v) is 3.86. The summed E-state index contributed by atoms with van der Waals surface area (Å²) in [5, 5.41) is 21.2. The monoisotopic (exact) mass is 475 g/mol. The maximum absolute atomic E-state index is 11.9. The van der Waals surface area contributed by atoms with Crippen molar-refractivity contribution < 1.29 is 9.32 Å². The van der Waals surface area contributed by atoms with Crippen molar-refractivity contribution in [3.63, 3.8) is 0 Å². The molecule has 0 aliphatic heterocycles. The van der Waals surface area contributed by atoms with E-state index in [9.17, 15) is 9.32 Å². The molecule has 4 N–H and O–H groups in total. The van der Waals surface area contributed by atoms with Crippen LogP contribution in [0, 0.1) is 16.6 Å². The lowest BCUT2D eigenvalue weighted by molar-refractivity contribution is 0.281. The van der Waals surface area contributed by atoms with E-state index >= 15 is 0 Å². The van der Waals surface area contributed by atoms with Crippen molar-refractivity contribution >= 4 is 38.1 Å². The van der Waals surface area contributed by atoms with E-state index in [1.54, 1.807) is 35.1 Å². The first-order valence-corrected chi connectivity index (χ1v) is 12.5. The van der Waals surface area contributed by atoms with Gasteiger partial charge in [0.25, 0.3) is 0 Å². The van der Waals surface area contributed by atoms with Crippen molar-refractivity contribution in [2.75, 3.05) is 23.5 Å². The molecule has 9 nitrogen and oxygen atoms in total. The van der Waals surface area contributed by atoms with Crippen LogP contribution >= 0.6 is 0 Å². The third-order valence-electron chi connectivity index (χ3n) is 4.97. The van der Waals surface area contributed by atoms with Crippen LogP contribution in [0.3, 0.4) is 0 Å². The molecule has 0 radical (unpaired) electrons. The Balaban J connectivity index is 1.62. The number of nitrogens with one attached hydrogen (secondary N) is 3. The predicted molar refractivity (Wildman–Crippen MR) is 134 cm³/mol. The van der Waals surface area contributed by atoms with Crippen molar-refractivity contribution in [1.29, 1.82) is 4.78 Å². The van der Waals surface area contributed by atoms with Gasteiger partial charge in [0.2, 0.25) is 5.95 Å².